The van der Waals surface area contributed by atoms with E-state index in [2.05, 4.69) is 130 Å². The van der Waals surface area contributed by atoms with Crippen LogP contribution >= 0.6 is 0 Å². The van der Waals surface area contributed by atoms with Crippen LogP contribution < -0.4 is 10.1 Å². The largest absolute Gasteiger partial charge is 0.455 e. The van der Waals surface area contributed by atoms with Crippen molar-refractivity contribution in [3.05, 3.63) is 190 Å². The number of benzene rings is 5. The number of carbonyl (C=O) groups excluding carboxylic acids is 4. The number of aromatic nitrogens is 4. The van der Waals surface area contributed by atoms with Crippen LogP contribution in [0.3, 0.4) is 0 Å². The van der Waals surface area contributed by atoms with Gasteiger partial charge in [-0.3, -0.25) is 19.9 Å². The molecule has 408 valence electrons. The summed E-state index contributed by atoms with van der Waals surface area (Å²) in [5.41, 5.74) is 9.15. The lowest BCUT2D eigenvalue weighted by molar-refractivity contribution is -0.384. The molecule has 5 aromatic carbocycles. The van der Waals surface area contributed by atoms with Gasteiger partial charge in [0, 0.05) is 90.0 Å². The Hall–Kier alpha value is -8.32. The molecule has 78 heavy (non-hydrogen) atoms. The van der Waals surface area contributed by atoms with Gasteiger partial charge < -0.3 is 24.4 Å². The Bertz CT molecular complexity index is 3150. The summed E-state index contributed by atoms with van der Waals surface area (Å²) in [5.74, 6) is -1.08. The predicted octanol–water partition coefficient (Wildman–Crippen LogP) is 10.5. The first kappa shape index (κ1) is 57.4. The second-order valence-electron chi connectivity index (χ2n) is 21.0. The van der Waals surface area contributed by atoms with Crippen LogP contribution in [-0.2, 0) is 22.6 Å². The van der Waals surface area contributed by atoms with E-state index in [0.717, 1.165) is 57.0 Å². The van der Waals surface area contributed by atoms with Crippen molar-refractivity contribution < 1.29 is 38.3 Å². The van der Waals surface area contributed by atoms with Crippen molar-refractivity contribution in [2.24, 2.45) is 0 Å². The number of esters is 2. The number of nitro groups is 1. The Kier molecular flexibility index (Phi) is 19.2. The summed E-state index contributed by atoms with van der Waals surface area (Å²) >= 11 is 0. The average molecular weight is 1060 g/mol. The van der Waals surface area contributed by atoms with Gasteiger partial charge in [-0.2, -0.15) is 19.6 Å². The van der Waals surface area contributed by atoms with Gasteiger partial charge in [0.1, 0.15) is 17.0 Å². The number of piperazine rings is 2. The number of nitro benzene ring substituents is 1. The second kappa shape index (κ2) is 26.2. The maximum atomic E-state index is 12.9. The summed E-state index contributed by atoms with van der Waals surface area (Å²) in [4.78, 5) is 65.5. The molecule has 1 N–H and O–H groups in total. The first-order valence-electron chi connectivity index (χ1n) is 26.0. The topological polar surface area (TPSA) is 196 Å². The van der Waals surface area contributed by atoms with Gasteiger partial charge in [-0.1, -0.05) is 97.1 Å². The molecule has 2 aliphatic rings. The van der Waals surface area contributed by atoms with Gasteiger partial charge in [-0.15, -0.1) is 0 Å². The number of carbonyl (C=O) groups is 4. The highest BCUT2D eigenvalue weighted by atomic mass is 16.6. The highest BCUT2D eigenvalue weighted by molar-refractivity contribution is 5.89. The number of ether oxygens (including phenoxy) is 3. The van der Waals surface area contributed by atoms with Gasteiger partial charge >= 0.3 is 24.1 Å². The normalized spacial score (nSPS) is 14.0. The third kappa shape index (κ3) is 16.8. The van der Waals surface area contributed by atoms with Crippen molar-refractivity contribution in [2.75, 3.05) is 52.4 Å². The van der Waals surface area contributed by atoms with E-state index in [9.17, 15) is 29.3 Å². The number of hydrogen-bond donors (Lipinski definition) is 1. The number of amides is 1. The fraction of sp³-hybridized carbons (Fsp3) is 0.333. The number of nitrogens with one attached hydrogen (secondary N) is 1. The highest BCUT2D eigenvalue weighted by Crippen LogP contribution is 2.25. The molecule has 4 heterocycles. The standard InChI is InChI=1S/C27H32N4O3.C18H22N2.C15H15N3O6/c1-20-18-22(21-8-6-5-7-9-21)10-11-23(20)19-29-14-16-30(17-15-29)26(33)31-13-12-24(28-31)25(32)34-27(2,3)4;1-15-13-17(16-5-3-2-4-6-16)7-8-18(15)14-20-11-9-19-10-12-20;1-15(2,3)24-13(19)12-8-9-17(16-12)14(20)23-11-6-4-10(5-7-11)18(21)22/h5-13,18H,14-17,19H2,1-4H3;2-8,13,19H,9-12,14H2,1H3;4-9H,1-3H3. The molecule has 0 bridgehead atoms. The molecule has 0 spiro atoms. The summed E-state index contributed by atoms with van der Waals surface area (Å²) < 4.78 is 17.5. The van der Waals surface area contributed by atoms with Crippen molar-refractivity contribution in [3.8, 4) is 28.0 Å². The van der Waals surface area contributed by atoms with Crippen molar-refractivity contribution in [2.45, 2.75) is 79.7 Å². The van der Waals surface area contributed by atoms with Gasteiger partial charge in [0.15, 0.2) is 11.4 Å². The number of rotatable bonds is 10. The minimum atomic E-state index is -0.862. The molecule has 0 radical (unpaired) electrons. The van der Waals surface area contributed by atoms with Gasteiger partial charge in [0.2, 0.25) is 0 Å². The van der Waals surface area contributed by atoms with Crippen LogP contribution in [0.15, 0.2) is 146 Å². The van der Waals surface area contributed by atoms with Crippen LogP contribution in [-0.4, -0.2) is 127 Å². The quantitative estimate of drug-likeness (QED) is 0.0771. The molecule has 1 amide bonds. The smallest absolute Gasteiger partial charge is 0.440 e. The molecular weight excluding hydrogens is 991 g/mol. The Morgan fingerprint density at radius 2 is 1.01 bits per heavy atom. The summed E-state index contributed by atoms with van der Waals surface area (Å²) in [5, 5.41) is 21.9. The molecule has 18 heteroatoms. The van der Waals surface area contributed by atoms with E-state index in [0.29, 0.717) is 13.1 Å². The SMILES string of the molecule is CC(C)(C)OC(=O)c1ccn(C(=O)Oc2ccc([N+](=O)[O-])cc2)n1.Cc1cc(-c2ccccc2)ccc1CN1CCN(C(=O)n2ccc(C(=O)OC(C)(C)C)n2)CC1.Cc1cc(-c2ccccc2)ccc1CN1CCNCC1. The molecule has 2 saturated heterocycles. The third-order valence-electron chi connectivity index (χ3n) is 12.6. The van der Waals surface area contributed by atoms with Gasteiger partial charge in [0.05, 0.1) is 4.92 Å². The molecule has 2 aromatic heterocycles. The molecule has 9 rings (SSSR count). The van der Waals surface area contributed by atoms with Gasteiger partial charge in [-0.05, 0) is 124 Å². The predicted molar refractivity (Wildman–Crippen MR) is 298 cm³/mol. The summed E-state index contributed by atoms with van der Waals surface area (Å²) in [6, 6.07) is 42.1. The maximum Gasteiger partial charge on any atom is 0.440 e. The second-order valence-corrected chi connectivity index (χ2v) is 21.0. The highest BCUT2D eigenvalue weighted by Gasteiger charge is 2.26. The molecule has 0 aliphatic carbocycles. The van der Waals surface area contributed by atoms with Crippen LogP contribution in [0.5, 0.6) is 5.75 Å². The zero-order valence-electron chi connectivity index (χ0n) is 45.7. The van der Waals surface area contributed by atoms with E-state index in [1.54, 1.807) is 46.4 Å². The summed E-state index contributed by atoms with van der Waals surface area (Å²) in [7, 11) is 0. The fourth-order valence-corrected chi connectivity index (χ4v) is 8.48. The first-order valence-corrected chi connectivity index (χ1v) is 26.0. The van der Waals surface area contributed by atoms with E-state index in [1.165, 1.54) is 98.0 Å². The lowest BCUT2D eigenvalue weighted by atomic mass is 9.99. The molecule has 7 aromatic rings. The van der Waals surface area contributed by atoms with Crippen LogP contribution in [0.1, 0.15) is 84.8 Å². The lowest BCUT2D eigenvalue weighted by Gasteiger charge is -2.34. The first-order chi connectivity index (χ1) is 37.2. The zero-order valence-corrected chi connectivity index (χ0v) is 45.7. The minimum Gasteiger partial charge on any atom is -0.455 e. The van der Waals surface area contributed by atoms with Crippen molar-refractivity contribution in [3.63, 3.8) is 0 Å². The van der Waals surface area contributed by atoms with Crippen LogP contribution in [0, 0.1) is 24.0 Å². The third-order valence-corrected chi connectivity index (χ3v) is 12.6. The summed E-state index contributed by atoms with van der Waals surface area (Å²) in [6.07, 6.45) is 1.91. The molecular formula is C60H69N9O9. The Balaban J connectivity index is 0.000000177. The van der Waals surface area contributed by atoms with E-state index in [4.69, 9.17) is 14.2 Å². The Labute approximate surface area is 455 Å². The molecule has 0 unspecified atom stereocenters. The fourth-order valence-electron chi connectivity index (χ4n) is 8.48. The molecule has 2 fully saturated rings. The Morgan fingerprint density at radius 3 is 1.46 bits per heavy atom. The molecule has 2 aliphatic heterocycles. The van der Waals surface area contributed by atoms with Gasteiger partial charge in [0.25, 0.3) is 5.69 Å². The number of aryl methyl sites for hydroxylation is 2. The minimum absolute atomic E-state index is 0.0365. The number of nitrogens with zero attached hydrogens (tertiary/aromatic N) is 8. The zero-order chi connectivity index (χ0) is 56.0. The molecule has 18 nitrogen and oxygen atoms in total. The van der Waals surface area contributed by atoms with Crippen molar-refractivity contribution >= 4 is 29.8 Å². The molecule has 0 saturated carbocycles. The van der Waals surface area contributed by atoms with E-state index >= 15 is 0 Å². The van der Waals surface area contributed by atoms with Gasteiger partial charge in [-0.25, -0.2) is 19.2 Å². The van der Waals surface area contributed by atoms with E-state index < -0.39 is 34.2 Å². The van der Waals surface area contributed by atoms with Crippen molar-refractivity contribution in [1.29, 1.82) is 0 Å². The summed E-state index contributed by atoms with van der Waals surface area (Å²) in [6.45, 7) is 24.2. The lowest BCUT2D eigenvalue weighted by Crippen LogP contribution is -2.49. The van der Waals surface area contributed by atoms with E-state index in [-0.39, 0.29) is 28.9 Å². The molecule has 0 atom stereocenters. The maximum absolute atomic E-state index is 12.9. The van der Waals surface area contributed by atoms with Crippen LogP contribution in [0.2, 0.25) is 0 Å². The van der Waals surface area contributed by atoms with Crippen LogP contribution in [0.25, 0.3) is 22.3 Å². The van der Waals surface area contributed by atoms with E-state index in [1.807, 2.05) is 6.07 Å². The van der Waals surface area contributed by atoms with Crippen molar-refractivity contribution in [1.82, 2.24) is 39.6 Å². The number of non-ortho nitro benzene ring substituents is 1. The number of hydrogen-bond acceptors (Lipinski definition) is 14. The Morgan fingerprint density at radius 1 is 0.564 bits per heavy atom. The van der Waals surface area contributed by atoms with Crippen LogP contribution in [0.4, 0.5) is 15.3 Å². The monoisotopic (exact) mass is 1060 g/mol. The average Bonchev–Trinajstić information content (AvgIpc) is 4.14.